The van der Waals surface area contributed by atoms with Gasteiger partial charge in [0.05, 0.1) is 0 Å². The fourth-order valence-electron chi connectivity index (χ4n) is 2.47. The first-order chi connectivity index (χ1) is 9.34. The van der Waals surface area contributed by atoms with Gasteiger partial charge in [-0.3, -0.25) is 0 Å². The molecule has 1 aliphatic heterocycles. The molecule has 1 heterocycles. The van der Waals surface area contributed by atoms with Crippen LogP contribution < -0.4 is 10.2 Å². The van der Waals surface area contributed by atoms with Crippen molar-refractivity contribution < 1.29 is 4.39 Å². The number of piperazine rings is 1. The molecule has 2 aromatic rings. The Labute approximate surface area is 112 Å². The molecule has 19 heavy (non-hydrogen) atoms. The number of nitrogens with zero attached hydrogens (tertiary/aromatic N) is 1. The van der Waals surface area contributed by atoms with Gasteiger partial charge in [0.25, 0.3) is 0 Å². The second-order valence-corrected chi connectivity index (χ2v) is 4.77. The molecule has 1 fully saturated rings. The minimum absolute atomic E-state index is 0.162. The standard InChI is InChI=1S/C16H17FN2/c17-16-7-6-14(19-10-8-18-9-11-19)12-15(16)13-4-2-1-3-5-13/h1-7,12,18H,8-11H2. The molecule has 2 nitrogen and oxygen atoms in total. The van der Waals surface area contributed by atoms with E-state index in [4.69, 9.17) is 0 Å². The highest BCUT2D eigenvalue weighted by Crippen LogP contribution is 2.27. The second kappa shape index (κ2) is 5.41. The molecule has 1 saturated heterocycles. The summed E-state index contributed by atoms with van der Waals surface area (Å²) in [6.45, 7) is 3.91. The van der Waals surface area contributed by atoms with E-state index < -0.39 is 0 Å². The van der Waals surface area contributed by atoms with Crippen molar-refractivity contribution in [3.63, 3.8) is 0 Å². The molecule has 0 spiro atoms. The molecule has 0 aromatic heterocycles. The fourth-order valence-corrected chi connectivity index (χ4v) is 2.47. The van der Waals surface area contributed by atoms with Gasteiger partial charge >= 0.3 is 0 Å². The van der Waals surface area contributed by atoms with Gasteiger partial charge in [-0.15, -0.1) is 0 Å². The van der Waals surface area contributed by atoms with E-state index in [0.717, 1.165) is 37.4 Å². The van der Waals surface area contributed by atoms with Gasteiger partial charge < -0.3 is 10.2 Å². The van der Waals surface area contributed by atoms with Gasteiger partial charge in [-0.2, -0.15) is 0 Å². The molecule has 0 bridgehead atoms. The quantitative estimate of drug-likeness (QED) is 0.888. The SMILES string of the molecule is Fc1ccc(N2CCNCC2)cc1-c1ccccc1. The van der Waals surface area contributed by atoms with E-state index in [-0.39, 0.29) is 5.82 Å². The van der Waals surface area contributed by atoms with Crippen LogP contribution in [0.1, 0.15) is 0 Å². The Morgan fingerprint density at radius 2 is 1.68 bits per heavy atom. The van der Waals surface area contributed by atoms with Gasteiger partial charge in [0.2, 0.25) is 0 Å². The lowest BCUT2D eigenvalue weighted by molar-refractivity contribution is 0.588. The van der Waals surface area contributed by atoms with E-state index in [1.54, 1.807) is 6.07 Å². The average Bonchev–Trinajstić information content (AvgIpc) is 2.49. The van der Waals surface area contributed by atoms with Crippen molar-refractivity contribution in [2.24, 2.45) is 0 Å². The van der Waals surface area contributed by atoms with Crippen LogP contribution in [0.4, 0.5) is 10.1 Å². The third kappa shape index (κ3) is 2.61. The average molecular weight is 256 g/mol. The smallest absolute Gasteiger partial charge is 0.131 e. The minimum Gasteiger partial charge on any atom is -0.369 e. The molecule has 0 radical (unpaired) electrons. The van der Waals surface area contributed by atoms with E-state index in [0.29, 0.717) is 5.56 Å². The van der Waals surface area contributed by atoms with Gasteiger partial charge in [-0.25, -0.2) is 4.39 Å². The van der Waals surface area contributed by atoms with Crippen LogP contribution >= 0.6 is 0 Å². The van der Waals surface area contributed by atoms with Crippen LogP contribution in [-0.4, -0.2) is 26.2 Å². The molecule has 2 aromatic carbocycles. The van der Waals surface area contributed by atoms with E-state index in [9.17, 15) is 4.39 Å². The second-order valence-electron chi connectivity index (χ2n) is 4.77. The number of hydrogen-bond acceptors (Lipinski definition) is 2. The Morgan fingerprint density at radius 1 is 0.947 bits per heavy atom. The lowest BCUT2D eigenvalue weighted by Gasteiger charge is -2.29. The zero-order valence-electron chi connectivity index (χ0n) is 10.8. The lowest BCUT2D eigenvalue weighted by atomic mass is 10.0. The maximum atomic E-state index is 14.0. The summed E-state index contributed by atoms with van der Waals surface area (Å²) in [5.74, 6) is -0.162. The predicted octanol–water partition coefficient (Wildman–Crippen LogP) is 2.90. The Hall–Kier alpha value is -1.87. The molecule has 0 unspecified atom stereocenters. The molecule has 3 heteroatoms. The molecule has 0 amide bonds. The summed E-state index contributed by atoms with van der Waals surface area (Å²) in [4.78, 5) is 2.29. The maximum absolute atomic E-state index is 14.0. The highest BCUT2D eigenvalue weighted by atomic mass is 19.1. The van der Waals surface area contributed by atoms with Crippen LogP contribution in [0.3, 0.4) is 0 Å². The van der Waals surface area contributed by atoms with Crippen LogP contribution in [0.25, 0.3) is 11.1 Å². The summed E-state index contributed by atoms with van der Waals surface area (Å²) in [6.07, 6.45) is 0. The molecule has 1 aliphatic rings. The summed E-state index contributed by atoms with van der Waals surface area (Å²) in [6, 6.07) is 15.1. The predicted molar refractivity (Wildman–Crippen MR) is 76.9 cm³/mol. The van der Waals surface area contributed by atoms with Crippen molar-refractivity contribution >= 4 is 5.69 Å². The van der Waals surface area contributed by atoms with Crippen LogP contribution in [0.2, 0.25) is 0 Å². The highest BCUT2D eigenvalue weighted by molar-refractivity contribution is 5.69. The number of benzene rings is 2. The van der Waals surface area contributed by atoms with Gasteiger partial charge in [0.15, 0.2) is 0 Å². The molecular weight excluding hydrogens is 239 g/mol. The topological polar surface area (TPSA) is 15.3 Å². The van der Waals surface area contributed by atoms with Crippen LogP contribution in [0, 0.1) is 5.82 Å². The van der Waals surface area contributed by atoms with E-state index in [1.807, 2.05) is 42.5 Å². The molecule has 0 aliphatic carbocycles. The molecule has 0 saturated carbocycles. The third-order valence-corrected chi connectivity index (χ3v) is 3.52. The summed E-state index contributed by atoms with van der Waals surface area (Å²) in [5.41, 5.74) is 2.70. The lowest BCUT2D eigenvalue weighted by Crippen LogP contribution is -2.43. The van der Waals surface area contributed by atoms with Crippen molar-refractivity contribution in [1.29, 1.82) is 0 Å². The van der Waals surface area contributed by atoms with E-state index in [2.05, 4.69) is 10.2 Å². The zero-order valence-corrected chi connectivity index (χ0v) is 10.8. The molecule has 98 valence electrons. The number of halogens is 1. The van der Waals surface area contributed by atoms with Gasteiger partial charge in [-0.1, -0.05) is 30.3 Å². The fraction of sp³-hybridized carbons (Fsp3) is 0.250. The van der Waals surface area contributed by atoms with Crippen molar-refractivity contribution in [2.75, 3.05) is 31.1 Å². The van der Waals surface area contributed by atoms with Crippen LogP contribution in [0.15, 0.2) is 48.5 Å². The van der Waals surface area contributed by atoms with E-state index >= 15 is 0 Å². The summed E-state index contributed by atoms with van der Waals surface area (Å²) in [7, 11) is 0. The van der Waals surface area contributed by atoms with Gasteiger partial charge in [0, 0.05) is 37.4 Å². The highest BCUT2D eigenvalue weighted by Gasteiger charge is 2.13. The number of hydrogen-bond donors (Lipinski definition) is 1. The number of anilines is 1. The Kier molecular flexibility index (Phi) is 3.47. The van der Waals surface area contributed by atoms with Crippen molar-refractivity contribution in [1.82, 2.24) is 5.32 Å². The number of nitrogens with one attached hydrogen (secondary N) is 1. The van der Waals surface area contributed by atoms with Crippen molar-refractivity contribution in [3.8, 4) is 11.1 Å². The minimum atomic E-state index is -0.162. The molecule has 0 atom stereocenters. The summed E-state index contributed by atoms with van der Waals surface area (Å²) >= 11 is 0. The molecule has 3 rings (SSSR count). The largest absolute Gasteiger partial charge is 0.369 e. The zero-order chi connectivity index (χ0) is 13.1. The maximum Gasteiger partial charge on any atom is 0.131 e. The normalized spacial score (nSPS) is 15.5. The molecular formula is C16H17FN2. The van der Waals surface area contributed by atoms with Crippen LogP contribution in [0.5, 0.6) is 0 Å². The molecule has 1 N–H and O–H groups in total. The van der Waals surface area contributed by atoms with Gasteiger partial charge in [-0.05, 0) is 23.8 Å². The Bertz CT molecular complexity index is 548. The third-order valence-electron chi connectivity index (χ3n) is 3.52. The monoisotopic (exact) mass is 256 g/mol. The first kappa shape index (κ1) is 12.2. The van der Waals surface area contributed by atoms with Gasteiger partial charge in [0.1, 0.15) is 5.82 Å². The summed E-state index contributed by atoms with van der Waals surface area (Å²) < 4.78 is 14.0. The van der Waals surface area contributed by atoms with Crippen molar-refractivity contribution in [2.45, 2.75) is 0 Å². The van der Waals surface area contributed by atoms with Crippen LogP contribution in [-0.2, 0) is 0 Å². The Morgan fingerprint density at radius 3 is 2.42 bits per heavy atom. The first-order valence-corrected chi connectivity index (χ1v) is 6.65. The van der Waals surface area contributed by atoms with E-state index in [1.165, 1.54) is 0 Å². The van der Waals surface area contributed by atoms with Crippen molar-refractivity contribution in [3.05, 3.63) is 54.3 Å². The summed E-state index contributed by atoms with van der Waals surface area (Å²) in [5, 5.41) is 3.33. The number of rotatable bonds is 2. The first-order valence-electron chi connectivity index (χ1n) is 6.65. The Balaban J connectivity index is 1.96.